The molecule has 0 spiro atoms. The van der Waals surface area contributed by atoms with Gasteiger partial charge < -0.3 is 14.1 Å². The van der Waals surface area contributed by atoms with Crippen LogP contribution in [0.2, 0.25) is 0 Å². The van der Waals surface area contributed by atoms with E-state index < -0.39 is 5.97 Å². The summed E-state index contributed by atoms with van der Waals surface area (Å²) in [5.74, 6) is -0.931. The quantitative estimate of drug-likeness (QED) is 0.631. The van der Waals surface area contributed by atoms with Crippen LogP contribution in [0.1, 0.15) is 16.2 Å². The molecular formula is C17H13N3O2. The van der Waals surface area contributed by atoms with Crippen LogP contribution >= 0.6 is 0 Å². The van der Waals surface area contributed by atoms with Crippen LogP contribution in [-0.4, -0.2) is 25.0 Å². The lowest BCUT2D eigenvalue weighted by atomic mass is 10.2. The van der Waals surface area contributed by atoms with E-state index in [1.165, 1.54) is 0 Å². The van der Waals surface area contributed by atoms with Crippen molar-refractivity contribution >= 4 is 22.5 Å². The fourth-order valence-corrected chi connectivity index (χ4v) is 2.78. The van der Waals surface area contributed by atoms with Crippen molar-refractivity contribution in [3.63, 3.8) is 0 Å². The molecule has 5 nitrogen and oxygen atoms in total. The summed E-state index contributed by atoms with van der Waals surface area (Å²) in [7, 11) is 0. The average Bonchev–Trinajstić information content (AvgIpc) is 3.09. The summed E-state index contributed by atoms with van der Waals surface area (Å²) in [6, 6.07) is 15.2. The Hall–Kier alpha value is -3.08. The predicted molar refractivity (Wildman–Crippen MR) is 83.2 cm³/mol. The van der Waals surface area contributed by atoms with Gasteiger partial charge in [-0.15, -0.1) is 0 Å². The van der Waals surface area contributed by atoms with Gasteiger partial charge in [-0.3, -0.25) is 0 Å². The van der Waals surface area contributed by atoms with Crippen LogP contribution in [0.5, 0.6) is 0 Å². The molecule has 0 unspecified atom stereocenters. The second-order valence-corrected chi connectivity index (χ2v) is 5.18. The van der Waals surface area contributed by atoms with Crippen LogP contribution in [0.3, 0.4) is 0 Å². The lowest BCUT2D eigenvalue weighted by molar-refractivity contribution is 0.0686. The molecule has 5 heteroatoms. The molecule has 0 fully saturated rings. The maximum Gasteiger partial charge on any atom is 0.352 e. The maximum atomic E-state index is 11.5. The van der Waals surface area contributed by atoms with E-state index in [1.807, 2.05) is 59.3 Å². The summed E-state index contributed by atoms with van der Waals surface area (Å²) >= 11 is 0. The van der Waals surface area contributed by atoms with E-state index >= 15 is 0 Å². The molecule has 0 aliphatic rings. The zero-order valence-electron chi connectivity index (χ0n) is 11.7. The highest BCUT2D eigenvalue weighted by molar-refractivity contribution is 5.94. The number of para-hydroxylation sites is 1. The third-order valence-electron chi connectivity index (χ3n) is 3.76. The number of nitrogens with zero attached hydrogens (tertiary/aromatic N) is 3. The number of aromatic nitrogens is 3. The number of carboxylic acid groups (broad SMARTS) is 1. The summed E-state index contributed by atoms with van der Waals surface area (Å²) in [6.45, 7) is 0.427. The largest absolute Gasteiger partial charge is 0.477 e. The number of hydrogen-bond acceptors (Lipinski definition) is 2. The van der Waals surface area contributed by atoms with Crippen LogP contribution in [-0.2, 0) is 6.54 Å². The zero-order valence-corrected chi connectivity index (χ0v) is 11.7. The molecule has 0 aliphatic heterocycles. The Morgan fingerprint density at radius 3 is 2.77 bits per heavy atom. The number of carboxylic acids is 1. The average molecular weight is 291 g/mol. The molecule has 0 bridgehead atoms. The third-order valence-corrected chi connectivity index (χ3v) is 3.76. The van der Waals surface area contributed by atoms with Gasteiger partial charge in [-0.2, -0.15) is 0 Å². The van der Waals surface area contributed by atoms with Crippen molar-refractivity contribution in [1.29, 1.82) is 0 Å². The summed E-state index contributed by atoms with van der Waals surface area (Å²) in [5, 5.41) is 10.4. The molecule has 22 heavy (non-hydrogen) atoms. The van der Waals surface area contributed by atoms with E-state index in [1.54, 1.807) is 10.6 Å². The second-order valence-electron chi connectivity index (χ2n) is 5.18. The number of benzene rings is 1. The van der Waals surface area contributed by atoms with Gasteiger partial charge in [-0.05, 0) is 24.3 Å². The fraction of sp³-hybridized carbons (Fsp3) is 0.0588. The van der Waals surface area contributed by atoms with Crippen molar-refractivity contribution in [3.8, 4) is 0 Å². The zero-order chi connectivity index (χ0) is 15.1. The van der Waals surface area contributed by atoms with E-state index in [-0.39, 0.29) is 5.69 Å². The van der Waals surface area contributed by atoms with Gasteiger partial charge in [0, 0.05) is 23.3 Å². The molecule has 3 aromatic heterocycles. The number of pyridine rings is 1. The van der Waals surface area contributed by atoms with Gasteiger partial charge in [0.1, 0.15) is 11.3 Å². The number of rotatable bonds is 3. The first-order chi connectivity index (χ1) is 10.7. The summed E-state index contributed by atoms with van der Waals surface area (Å²) in [6.07, 6.45) is 3.85. The van der Waals surface area contributed by atoms with E-state index in [2.05, 4.69) is 4.98 Å². The minimum Gasteiger partial charge on any atom is -0.477 e. The molecule has 4 rings (SSSR count). The molecule has 0 atom stereocenters. The number of imidazole rings is 1. The van der Waals surface area contributed by atoms with Gasteiger partial charge in [0.05, 0.1) is 12.2 Å². The van der Waals surface area contributed by atoms with Crippen LogP contribution in [0.25, 0.3) is 16.6 Å². The van der Waals surface area contributed by atoms with Crippen LogP contribution in [0.15, 0.2) is 60.9 Å². The molecule has 0 aliphatic carbocycles. The normalized spacial score (nSPS) is 11.3. The highest BCUT2D eigenvalue weighted by Gasteiger charge is 2.15. The van der Waals surface area contributed by atoms with Gasteiger partial charge in [-0.1, -0.05) is 24.3 Å². The summed E-state index contributed by atoms with van der Waals surface area (Å²) in [4.78, 5) is 16.1. The van der Waals surface area contributed by atoms with Gasteiger partial charge in [-0.25, -0.2) is 9.78 Å². The molecular weight excluding hydrogens is 278 g/mol. The van der Waals surface area contributed by atoms with Crippen molar-refractivity contribution in [3.05, 3.63) is 72.3 Å². The Bertz CT molecular complexity index is 964. The van der Waals surface area contributed by atoms with Gasteiger partial charge in [0.2, 0.25) is 0 Å². The smallest absolute Gasteiger partial charge is 0.352 e. The number of hydrogen-bond donors (Lipinski definition) is 1. The van der Waals surface area contributed by atoms with Crippen molar-refractivity contribution in [2.45, 2.75) is 6.54 Å². The molecule has 0 radical (unpaired) electrons. The number of carbonyl (C=O) groups is 1. The van der Waals surface area contributed by atoms with E-state index in [0.29, 0.717) is 6.54 Å². The first-order valence-electron chi connectivity index (χ1n) is 6.96. The predicted octanol–water partition coefficient (Wildman–Crippen LogP) is 3.04. The molecule has 4 aromatic rings. The Labute approximate surface area is 126 Å². The first kappa shape index (κ1) is 12.6. The van der Waals surface area contributed by atoms with Crippen molar-refractivity contribution in [2.24, 2.45) is 0 Å². The molecule has 0 saturated carbocycles. The molecule has 0 amide bonds. The summed E-state index contributed by atoms with van der Waals surface area (Å²) in [5.41, 5.74) is 2.86. The molecule has 1 N–H and O–H groups in total. The highest BCUT2D eigenvalue weighted by Crippen LogP contribution is 2.21. The van der Waals surface area contributed by atoms with Crippen molar-refractivity contribution in [1.82, 2.24) is 14.0 Å². The number of fused-ring (bicyclic) bond motifs is 2. The monoisotopic (exact) mass is 291 g/mol. The van der Waals surface area contributed by atoms with Crippen molar-refractivity contribution in [2.75, 3.05) is 0 Å². The molecule has 3 heterocycles. The van der Waals surface area contributed by atoms with Crippen LogP contribution in [0.4, 0.5) is 0 Å². The SMILES string of the molecule is O=C(O)c1cc2ccccc2n1Cc1cn2ccccc2n1. The van der Waals surface area contributed by atoms with E-state index in [0.717, 1.165) is 22.2 Å². The topological polar surface area (TPSA) is 59.5 Å². The van der Waals surface area contributed by atoms with Crippen LogP contribution in [0, 0.1) is 0 Å². The summed E-state index contributed by atoms with van der Waals surface area (Å²) < 4.78 is 3.72. The van der Waals surface area contributed by atoms with Gasteiger partial charge >= 0.3 is 5.97 Å². The lowest BCUT2D eigenvalue weighted by Crippen LogP contribution is -2.09. The Balaban J connectivity index is 1.86. The third kappa shape index (κ3) is 1.95. The second kappa shape index (κ2) is 4.73. The van der Waals surface area contributed by atoms with Crippen LogP contribution < -0.4 is 0 Å². The Kier molecular flexibility index (Phi) is 2.72. The van der Waals surface area contributed by atoms with Crippen molar-refractivity contribution < 1.29 is 9.90 Å². The molecule has 0 saturated heterocycles. The van der Waals surface area contributed by atoms with Gasteiger partial charge in [0.15, 0.2) is 0 Å². The van der Waals surface area contributed by atoms with E-state index in [9.17, 15) is 9.90 Å². The Morgan fingerprint density at radius 1 is 1.14 bits per heavy atom. The highest BCUT2D eigenvalue weighted by atomic mass is 16.4. The minimum atomic E-state index is -0.931. The molecule has 108 valence electrons. The Morgan fingerprint density at radius 2 is 1.95 bits per heavy atom. The lowest BCUT2D eigenvalue weighted by Gasteiger charge is -2.06. The standard InChI is InChI=1S/C17H13N3O2/c21-17(22)15-9-12-5-1-2-6-14(12)20(15)11-13-10-19-8-4-3-7-16(19)18-13/h1-10H,11H2,(H,21,22). The molecule has 1 aromatic carbocycles. The number of aromatic carboxylic acids is 1. The fourth-order valence-electron chi connectivity index (χ4n) is 2.78. The first-order valence-corrected chi connectivity index (χ1v) is 6.96. The maximum absolute atomic E-state index is 11.5. The minimum absolute atomic E-state index is 0.276. The van der Waals surface area contributed by atoms with E-state index in [4.69, 9.17) is 0 Å². The van der Waals surface area contributed by atoms with Gasteiger partial charge in [0.25, 0.3) is 0 Å².